The molecular formula is C20H29N3O2. The molecule has 1 aliphatic rings. The molecule has 2 aromatic rings. The Labute approximate surface area is 149 Å². The zero-order valence-corrected chi connectivity index (χ0v) is 15.3. The third-order valence-electron chi connectivity index (χ3n) is 5.19. The lowest BCUT2D eigenvalue weighted by Crippen LogP contribution is -2.39. The van der Waals surface area contributed by atoms with Crippen LogP contribution in [0.15, 0.2) is 24.3 Å². The molecule has 1 aromatic carbocycles. The summed E-state index contributed by atoms with van der Waals surface area (Å²) in [7, 11) is 1.59. The molecule has 0 saturated carbocycles. The van der Waals surface area contributed by atoms with E-state index in [9.17, 15) is 4.79 Å². The highest BCUT2D eigenvalue weighted by Crippen LogP contribution is 2.27. The summed E-state index contributed by atoms with van der Waals surface area (Å²) in [6, 6.07) is 7.81. The first-order valence-electron chi connectivity index (χ1n) is 9.38. The molecule has 0 spiro atoms. The van der Waals surface area contributed by atoms with E-state index in [0.717, 1.165) is 43.4 Å². The average Bonchev–Trinajstić information content (AvgIpc) is 3.04. The Bertz CT molecular complexity index is 702. The molecule has 5 heteroatoms. The van der Waals surface area contributed by atoms with Gasteiger partial charge < -0.3 is 19.9 Å². The van der Waals surface area contributed by atoms with E-state index in [1.807, 2.05) is 24.3 Å². The van der Waals surface area contributed by atoms with E-state index in [4.69, 9.17) is 4.74 Å². The van der Waals surface area contributed by atoms with Crippen LogP contribution in [0.2, 0.25) is 0 Å². The van der Waals surface area contributed by atoms with Crippen LogP contribution in [-0.4, -0.2) is 49.1 Å². The van der Waals surface area contributed by atoms with Crippen LogP contribution in [0.4, 0.5) is 0 Å². The summed E-state index contributed by atoms with van der Waals surface area (Å²) in [5, 5.41) is 4.03. The standard InChI is InChI=1S/C20H29N3O2/c1-3-4-11-23-12-9-15(10-13-23)14-21-19(24)18-16-7-5-6-8-17(16)22-20(18)25-2/h5-8,15,22H,3-4,9-14H2,1-2H3,(H,21,24). The maximum Gasteiger partial charge on any atom is 0.257 e. The second kappa shape index (κ2) is 8.39. The topological polar surface area (TPSA) is 57.4 Å². The number of nitrogens with zero attached hydrogens (tertiary/aromatic N) is 1. The molecule has 0 atom stereocenters. The van der Waals surface area contributed by atoms with Gasteiger partial charge in [-0.3, -0.25) is 4.79 Å². The summed E-state index contributed by atoms with van der Waals surface area (Å²) < 4.78 is 5.37. The van der Waals surface area contributed by atoms with Crippen molar-refractivity contribution in [3.8, 4) is 5.88 Å². The van der Waals surface area contributed by atoms with Gasteiger partial charge in [0.2, 0.25) is 5.88 Å². The van der Waals surface area contributed by atoms with Gasteiger partial charge in [-0.1, -0.05) is 31.5 Å². The van der Waals surface area contributed by atoms with Gasteiger partial charge in [-0.05, 0) is 50.9 Å². The molecule has 2 heterocycles. The van der Waals surface area contributed by atoms with E-state index in [2.05, 4.69) is 22.1 Å². The van der Waals surface area contributed by atoms with E-state index < -0.39 is 0 Å². The van der Waals surface area contributed by atoms with Crippen LogP contribution >= 0.6 is 0 Å². The lowest BCUT2D eigenvalue weighted by Gasteiger charge is -2.31. The molecular weight excluding hydrogens is 314 g/mol. The number of hydrogen-bond donors (Lipinski definition) is 2. The van der Waals surface area contributed by atoms with Crippen molar-refractivity contribution in [2.75, 3.05) is 33.3 Å². The first-order valence-corrected chi connectivity index (χ1v) is 9.38. The number of carbonyl (C=O) groups excluding carboxylic acids is 1. The summed E-state index contributed by atoms with van der Waals surface area (Å²) in [4.78, 5) is 18.4. The lowest BCUT2D eigenvalue weighted by atomic mass is 9.96. The molecule has 1 aromatic heterocycles. The SMILES string of the molecule is CCCCN1CCC(CNC(=O)c2c(OC)[nH]c3ccccc23)CC1. The Balaban J connectivity index is 1.57. The largest absolute Gasteiger partial charge is 0.482 e. The summed E-state index contributed by atoms with van der Waals surface area (Å²) in [5.41, 5.74) is 1.53. The molecule has 0 bridgehead atoms. The highest BCUT2D eigenvalue weighted by molar-refractivity contribution is 6.09. The van der Waals surface area contributed by atoms with Gasteiger partial charge in [0.05, 0.1) is 7.11 Å². The summed E-state index contributed by atoms with van der Waals surface area (Å²) >= 11 is 0. The predicted octanol–water partition coefficient (Wildman–Crippen LogP) is 3.42. The number of methoxy groups -OCH3 is 1. The third-order valence-corrected chi connectivity index (χ3v) is 5.19. The molecule has 3 rings (SSSR count). The van der Waals surface area contributed by atoms with Crippen molar-refractivity contribution in [3.63, 3.8) is 0 Å². The second-order valence-electron chi connectivity index (χ2n) is 6.93. The number of nitrogens with one attached hydrogen (secondary N) is 2. The number of H-pyrrole nitrogens is 1. The van der Waals surface area contributed by atoms with E-state index in [-0.39, 0.29) is 5.91 Å². The normalized spacial score (nSPS) is 16.2. The number of benzene rings is 1. The fourth-order valence-corrected chi connectivity index (χ4v) is 3.62. The zero-order valence-electron chi connectivity index (χ0n) is 15.3. The molecule has 1 amide bonds. The van der Waals surface area contributed by atoms with Crippen molar-refractivity contribution in [1.82, 2.24) is 15.2 Å². The minimum absolute atomic E-state index is 0.0530. The highest BCUT2D eigenvalue weighted by Gasteiger charge is 2.22. The monoisotopic (exact) mass is 343 g/mol. The molecule has 0 radical (unpaired) electrons. The van der Waals surface area contributed by atoms with Crippen LogP contribution < -0.4 is 10.1 Å². The van der Waals surface area contributed by atoms with E-state index in [1.54, 1.807) is 7.11 Å². The molecule has 1 aliphatic heterocycles. The van der Waals surface area contributed by atoms with Crippen LogP contribution in [0.25, 0.3) is 10.9 Å². The Morgan fingerprint density at radius 3 is 2.80 bits per heavy atom. The zero-order chi connectivity index (χ0) is 17.6. The molecule has 1 saturated heterocycles. The number of rotatable bonds is 7. The molecule has 1 fully saturated rings. The molecule has 0 unspecified atom stereocenters. The van der Waals surface area contributed by atoms with E-state index in [0.29, 0.717) is 17.4 Å². The van der Waals surface area contributed by atoms with Crippen molar-refractivity contribution < 1.29 is 9.53 Å². The van der Waals surface area contributed by atoms with Gasteiger partial charge >= 0.3 is 0 Å². The van der Waals surface area contributed by atoms with Crippen LogP contribution in [0.5, 0.6) is 5.88 Å². The lowest BCUT2D eigenvalue weighted by molar-refractivity contribution is 0.0934. The van der Waals surface area contributed by atoms with E-state index in [1.165, 1.54) is 19.4 Å². The summed E-state index contributed by atoms with van der Waals surface area (Å²) in [6.07, 6.45) is 4.86. The molecule has 136 valence electrons. The number of aromatic nitrogens is 1. The van der Waals surface area contributed by atoms with Crippen LogP contribution in [0.3, 0.4) is 0 Å². The Morgan fingerprint density at radius 2 is 2.08 bits per heavy atom. The van der Waals surface area contributed by atoms with Crippen molar-refractivity contribution >= 4 is 16.8 Å². The number of hydrogen-bond acceptors (Lipinski definition) is 3. The Kier molecular flexibility index (Phi) is 5.97. The Hall–Kier alpha value is -2.01. The highest BCUT2D eigenvalue weighted by atomic mass is 16.5. The number of carbonyl (C=O) groups is 1. The van der Waals surface area contributed by atoms with Gasteiger partial charge in [-0.15, -0.1) is 0 Å². The maximum absolute atomic E-state index is 12.7. The number of unbranched alkanes of at least 4 members (excludes halogenated alkanes) is 1. The molecule has 0 aliphatic carbocycles. The fraction of sp³-hybridized carbons (Fsp3) is 0.550. The van der Waals surface area contributed by atoms with Crippen LogP contribution in [0.1, 0.15) is 43.0 Å². The van der Waals surface area contributed by atoms with E-state index >= 15 is 0 Å². The van der Waals surface area contributed by atoms with Gasteiger partial charge in [0.15, 0.2) is 0 Å². The first-order chi connectivity index (χ1) is 12.2. The maximum atomic E-state index is 12.7. The Morgan fingerprint density at radius 1 is 1.32 bits per heavy atom. The van der Waals surface area contributed by atoms with Crippen molar-refractivity contribution in [1.29, 1.82) is 0 Å². The second-order valence-corrected chi connectivity index (χ2v) is 6.93. The van der Waals surface area contributed by atoms with Gasteiger partial charge in [-0.2, -0.15) is 0 Å². The van der Waals surface area contributed by atoms with Gasteiger partial charge in [0.25, 0.3) is 5.91 Å². The molecule has 2 N–H and O–H groups in total. The van der Waals surface area contributed by atoms with Gasteiger partial charge in [0.1, 0.15) is 5.56 Å². The number of fused-ring (bicyclic) bond motifs is 1. The first kappa shape index (κ1) is 17.8. The van der Waals surface area contributed by atoms with Crippen molar-refractivity contribution in [2.24, 2.45) is 5.92 Å². The molecule has 25 heavy (non-hydrogen) atoms. The fourth-order valence-electron chi connectivity index (χ4n) is 3.62. The summed E-state index contributed by atoms with van der Waals surface area (Å²) in [5.74, 6) is 1.05. The molecule has 5 nitrogen and oxygen atoms in total. The van der Waals surface area contributed by atoms with Crippen LogP contribution in [-0.2, 0) is 0 Å². The summed E-state index contributed by atoms with van der Waals surface area (Å²) in [6.45, 7) is 6.49. The minimum Gasteiger partial charge on any atom is -0.482 e. The number of amides is 1. The smallest absolute Gasteiger partial charge is 0.257 e. The predicted molar refractivity (Wildman–Crippen MR) is 101 cm³/mol. The quantitative estimate of drug-likeness (QED) is 0.810. The number of piperidine rings is 1. The third kappa shape index (κ3) is 4.15. The van der Waals surface area contributed by atoms with Crippen molar-refractivity contribution in [3.05, 3.63) is 29.8 Å². The average molecular weight is 343 g/mol. The number of aromatic amines is 1. The number of likely N-dealkylation sites (tertiary alicyclic amines) is 1. The van der Waals surface area contributed by atoms with Crippen LogP contribution in [0, 0.1) is 5.92 Å². The minimum atomic E-state index is -0.0530. The van der Waals surface area contributed by atoms with Crippen molar-refractivity contribution in [2.45, 2.75) is 32.6 Å². The van der Waals surface area contributed by atoms with Gasteiger partial charge in [-0.25, -0.2) is 0 Å². The number of para-hydroxylation sites is 1. The van der Waals surface area contributed by atoms with Gasteiger partial charge in [0, 0.05) is 17.4 Å². The number of ether oxygens (including phenoxy) is 1.